The van der Waals surface area contributed by atoms with Gasteiger partial charge in [-0.1, -0.05) is 55.9 Å². The van der Waals surface area contributed by atoms with Crippen LogP contribution in [-0.4, -0.2) is 26.8 Å². The summed E-state index contributed by atoms with van der Waals surface area (Å²) in [6.07, 6.45) is -0.483. The minimum Gasteiger partial charge on any atom is -0.447 e. The molecule has 0 radical (unpaired) electrons. The molecule has 0 heterocycles. The highest BCUT2D eigenvalue weighted by molar-refractivity contribution is 6.83. The standard InChI is InChI=1S/C16H22O3Si/c1-14(17)19-16(10-11-20(2,3)4)13-18-12-15-8-6-5-7-9-15/h5-9,16H,12-13H2,1-4H3/t16-/m1/s1. The molecule has 0 fully saturated rings. The monoisotopic (exact) mass is 290 g/mol. The Kier molecular flexibility index (Phi) is 6.49. The lowest BCUT2D eigenvalue weighted by Gasteiger charge is -2.13. The summed E-state index contributed by atoms with van der Waals surface area (Å²) in [6.45, 7) is 8.63. The number of hydrogen-bond acceptors (Lipinski definition) is 3. The molecular weight excluding hydrogens is 268 g/mol. The third kappa shape index (κ3) is 7.77. The first-order valence-corrected chi connectivity index (χ1v) is 10.2. The van der Waals surface area contributed by atoms with Crippen LogP contribution in [0.25, 0.3) is 0 Å². The molecule has 0 amide bonds. The van der Waals surface area contributed by atoms with Crippen molar-refractivity contribution in [1.29, 1.82) is 0 Å². The maximum absolute atomic E-state index is 11.1. The molecule has 1 atom stereocenters. The summed E-state index contributed by atoms with van der Waals surface area (Å²) >= 11 is 0. The molecule has 0 aliphatic heterocycles. The van der Waals surface area contributed by atoms with Gasteiger partial charge in [-0.25, -0.2) is 0 Å². The van der Waals surface area contributed by atoms with Crippen molar-refractivity contribution in [3.63, 3.8) is 0 Å². The summed E-state index contributed by atoms with van der Waals surface area (Å²) in [4.78, 5) is 11.1. The molecule has 108 valence electrons. The Morgan fingerprint density at radius 1 is 1.25 bits per heavy atom. The summed E-state index contributed by atoms with van der Waals surface area (Å²) in [5, 5.41) is 0. The summed E-state index contributed by atoms with van der Waals surface area (Å²) in [6, 6.07) is 9.88. The molecule has 1 rings (SSSR count). The molecule has 20 heavy (non-hydrogen) atoms. The van der Waals surface area contributed by atoms with Gasteiger partial charge in [-0.15, -0.1) is 5.54 Å². The highest BCUT2D eigenvalue weighted by Crippen LogP contribution is 2.03. The van der Waals surface area contributed by atoms with E-state index in [1.807, 2.05) is 30.3 Å². The van der Waals surface area contributed by atoms with Crippen LogP contribution in [0.15, 0.2) is 30.3 Å². The second-order valence-corrected chi connectivity index (χ2v) is 10.4. The molecule has 1 aromatic rings. The lowest BCUT2D eigenvalue weighted by molar-refractivity contribution is -0.146. The predicted molar refractivity (Wildman–Crippen MR) is 82.8 cm³/mol. The van der Waals surface area contributed by atoms with E-state index in [2.05, 4.69) is 31.1 Å². The van der Waals surface area contributed by atoms with E-state index < -0.39 is 14.2 Å². The van der Waals surface area contributed by atoms with Crippen LogP contribution in [-0.2, 0) is 20.9 Å². The third-order valence-corrected chi connectivity index (χ3v) is 3.19. The van der Waals surface area contributed by atoms with Gasteiger partial charge in [0.2, 0.25) is 0 Å². The molecule has 0 spiro atoms. The summed E-state index contributed by atoms with van der Waals surface area (Å²) in [5.41, 5.74) is 4.30. The minimum absolute atomic E-state index is 0.298. The molecule has 0 aromatic heterocycles. The molecular formula is C16H22O3Si. The van der Waals surface area contributed by atoms with Gasteiger partial charge in [0.15, 0.2) is 6.10 Å². The average molecular weight is 290 g/mol. The molecule has 1 aromatic carbocycles. The molecule has 0 aliphatic rings. The van der Waals surface area contributed by atoms with Crippen molar-refractivity contribution in [2.75, 3.05) is 6.61 Å². The zero-order valence-electron chi connectivity index (χ0n) is 12.6. The number of rotatable bonds is 5. The number of ether oxygens (including phenoxy) is 2. The lowest BCUT2D eigenvalue weighted by atomic mass is 10.2. The van der Waals surface area contributed by atoms with Crippen LogP contribution in [0.3, 0.4) is 0 Å². The Hall–Kier alpha value is -1.57. The Bertz CT molecular complexity index is 480. The Morgan fingerprint density at radius 3 is 2.45 bits per heavy atom. The first-order valence-electron chi connectivity index (χ1n) is 6.68. The Morgan fingerprint density at radius 2 is 1.90 bits per heavy atom. The molecule has 0 N–H and O–H groups in total. The SMILES string of the molecule is CC(=O)O[C@H](C#C[Si](C)(C)C)COCc1ccccc1. The van der Waals surface area contributed by atoms with E-state index in [-0.39, 0.29) is 5.97 Å². The van der Waals surface area contributed by atoms with Crippen molar-refractivity contribution in [3.05, 3.63) is 35.9 Å². The maximum atomic E-state index is 11.1. The second kappa shape index (κ2) is 7.88. The quantitative estimate of drug-likeness (QED) is 0.475. The second-order valence-electron chi connectivity index (χ2n) is 5.62. The van der Waals surface area contributed by atoms with Crippen LogP contribution >= 0.6 is 0 Å². The number of benzene rings is 1. The molecule has 3 nitrogen and oxygen atoms in total. The zero-order chi connectivity index (χ0) is 15.0. The van der Waals surface area contributed by atoms with E-state index in [1.54, 1.807) is 0 Å². The molecule has 0 aliphatic carbocycles. The van der Waals surface area contributed by atoms with Crippen molar-refractivity contribution in [2.24, 2.45) is 0 Å². The molecule has 0 unspecified atom stereocenters. The van der Waals surface area contributed by atoms with Crippen LogP contribution in [0.1, 0.15) is 12.5 Å². The fourth-order valence-electron chi connectivity index (χ4n) is 1.46. The van der Waals surface area contributed by atoms with E-state index in [0.29, 0.717) is 13.2 Å². The summed E-state index contributed by atoms with van der Waals surface area (Å²) in [7, 11) is -1.48. The maximum Gasteiger partial charge on any atom is 0.303 e. The number of carbonyl (C=O) groups excluding carboxylic acids is 1. The Balaban J connectivity index is 2.52. The molecule has 0 bridgehead atoms. The third-order valence-electron chi connectivity index (χ3n) is 2.30. The zero-order valence-corrected chi connectivity index (χ0v) is 13.6. The van der Waals surface area contributed by atoms with Crippen molar-refractivity contribution in [1.82, 2.24) is 0 Å². The first-order chi connectivity index (χ1) is 9.37. The molecule has 0 saturated carbocycles. The molecule has 4 heteroatoms. The highest BCUT2D eigenvalue weighted by Gasteiger charge is 2.12. The van der Waals surface area contributed by atoms with E-state index >= 15 is 0 Å². The van der Waals surface area contributed by atoms with E-state index in [1.165, 1.54) is 6.92 Å². The van der Waals surface area contributed by atoms with Crippen LogP contribution in [0.5, 0.6) is 0 Å². The van der Waals surface area contributed by atoms with Gasteiger partial charge in [0, 0.05) is 6.92 Å². The first kappa shape index (κ1) is 16.5. The smallest absolute Gasteiger partial charge is 0.303 e. The topological polar surface area (TPSA) is 35.5 Å². The summed E-state index contributed by atoms with van der Waals surface area (Å²) < 4.78 is 10.8. The fraction of sp³-hybridized carbons (Fsp3) is 0.438. The fourth-order valence-corrected chi connectivity index (χ4v) is 2.05. The van der Waals surface area contributed by atoms with Crippen molar-refractivity contribution in [3.8, 4) is 11.5 Å². The molecule has 0 saturated heterocycles. The van der Waals surface area contributed by atoms with Gasteiger partial charge < -0.3 is 9.47 Å². The van der Waals surface area contributed by atoms with Gasteiger partial charge in [0.25, 0.3) is 0 Å². The van der Waals surface area contributed by atoms with Crippen LogP contribution in [0.2, 0.25) is 19.6 Å². The van der Waals surface area contributed by atoms with Crippen LogP contribution < -0.4 is 0 Å². The predicted octanol–water partition coefficient (Wildman–Crippen LogP) is 3.02. The lowest BCUT2D eigenvalue weighted by Crippen LogP contribution is -2.23. The van der Waals surface area contributed by atoms with Gasteiger partial charge in [0.05, 0.1) is 13.2 Å². The van der Waals surface area contributed by atoms with Crippen molar-refractivity contribution < 1.29 is 14.3 Å². The van der Waals surface area contributed by atoms with Gasteiger partial charge in [0.1, 0.15) is 8.07 Å². The van der Waals surface area contributed by atoms with Crippen molar-refractivity contribution >= 4 is 14.0 Å². The highest BCUT2D eigenvalue weighted by atomic mass is 28.3. The normalized spacial score (nSPS) is 12.2. The largest absolute Gasteiger partial charge is 0.447 e. The minimum atomic E-state index is -1.48. The van der Waals surface area contributed by atoms with Crippen LogP contribution in [0.4, 0.5) is 0 Å². The van der Waals surface area contributed by atoms with E-state index in [0.717, 1.165) is 5.56 Å². The number of esters is 1. The van der Waals surface area contributed by atoms with E-state index in [9.17, 15) is 4.79 Å². The van der Waals surface area contributed by atoms with Crippen LogP contribution in [0, 0.1) is 11.5 Å². The van der Waals surface area contributed by atoms with Crippen molar-refractivity contribution in [2.45, 2.75) is 39.3 Å². The van der Waals surface area contributed by atoms with Gasteiger partial charge in [-0.2, -0.15) is 0 Å². The summed E-state index contributed by atoms with van der Waals surface area (Å²) in [5.74, 6) is 2.69. The van der Waals surface area contributed by atoms with Gasteiger partial charge >= 0.3 is 5.97 Å². The number of carbonyl (C=O) groups is 1. The van der Waals surface area contributed by atoms with Gasteiger partial charge in [-0.3, -0.25) is 4.79 Å². The Labute approximate surface area is 122 Å². The average Bonchev–Trinajstić information content (AvgIpc) is 2.35. The number of hydrogen-bond donors (Lipinski definition) is 0. The van der Waals surface area contributed by atoms with Gasteiger partial charge in [-0.05, 0) is 5.56 Å². The van der Waals surface area contributed by atoms with E-state index in [4.69, 9.17) is 9.47 Å².